The highest BCUT2D eigenvalue weighted by molar-refractivity contribution is 7.98. The first-order valence-corrected chi connectivity index (χ1v) is 6.76. The van der Waals surface area contributed by atoms with Crippen LogP contribution >= 0.6 is 11.8 Å². The van der Waals surface area contributed by atoms with Gasteiger partial charge in [0.05, 0.1) is 12.3 Å². The number of H-pyrrole nitrogens is 1. The van der Waals surface area contributed by atoms with Gasteiger partial charge in [-0.25, -0.2) is 4.79 Å². The second-order valence-electron chi connectivity index (χ2n) is 3.93. The zero-order valence-electron chi connectivity index (χ0n) is 9.90. The van der Waals surface area contributed by atoms with E-state index in [1.165, 1.54) is 4.90 Å². The maximum absolute atomic E-state index is 11.8. The van der Waals surface area contributed by atoms with E-state index in [4.69, 9.17) is 4.74 Å². The number of ether oxygens (including phenoxy) is 1. The molecule has 3 rings (SSSR count). The van der Waals surface area contributed by atoms with Gasteiger partial charge in [-0.3, -0.25) is 5.10 Å². The fraction of sp³-hybridized carbons (Fsp3) is 0.231. The van der Waals surface area contributed by atoms with Crippen molar-refractivity contribution < 1.29 is 9.53 Å². The molecule has 0 unspecified atom stereocenters. The molecule has 18 heavy (non-hydrogen) atoms. The van der Waals surface area contributed by atoms with E-state index in [-0.39, 0.29) is 5.97 Å². The first-order valence-electron chi connectivity index (χ1n) is 5.77. The normalized spacial score (nSPS) is 12.7. The van der Waals surface area contributed by atoms with Crippen LogP contribution in [0.25, 0.3) is 11.3 Å². The summed E-state index contributed by atoms with van der Waals surface area (Å²) in [5.74, 6) is 0.395. The molecule has 4 nitrogen and oxygen atoms in total. The van der Waals surface area contributed by atoms with Crippen LogP contribution in [0.4, 0.5) is 0 Å². The third-order valence-electron chi connectivity index (χ3n) is 2.86. The Hall–Kier alpha value is -1.75. The first kappa shape index (κ1) is 11.3. The minimum Gasteiger partial charge on any atom is -0.461 e. The number of rotatable bonds is 2. The van der Waals surface area contributed by atoms with Gasteiger partial charge >= 0.3 is 5.97 Å². The highest BCUT2D eigenvalue weighted by atomic mass is 32.2. The van der Waals surface area contributed by atoms with Crippen molar-refractivity contribution >= 4 is 17.7 Å². The average molecular weight is 260 g/mol. The van der Waals surface area contributed by atoms with E-state index in [9.17, 15) is 4.79 Å². The van der Waals surface area contributed by atoms with E-state index in [1.807, 2.05) is 18.2 Å². The lowest BCUT2D eigenvalue weighted by Crippen LogP contribution is -2.08. The van der Waals surface area contributed by atoms with Crippen LogP contribution in [-0.4, -0.2) is 22.8 Å². The summed E-state index contributed by atoms with van der Waals surface area (Å²) in [6.07, 6.45) is 0. The van der Waals surface area contributed by atoms with Crippen LogP contribution in [0.15, 0.2) is 29.2 Å². The molecule has 0 saturated carbocycles. The van der Waals surface area contributed by atoms with Crippen molar-refractivity contribution in [1.82, 2.24) is 10.2 Å². The lowest BCUT2D eigenvalue weighted by Gasteiger charge is -2.15. The summed E-state index contributed by atoms with van der Waals surface area (Å²) in [4.78, 5) is 13.0. The molecule has 0 aliphatic carbocycles. The highest BCUT2D eigenvalue weighted by Gasteiger charge is 2.25. The molecule has 2 heterocycles. The number of carbonyl (C=O) groups excluding carboxylic acids is 1. The summed E-state index contributed by atoms with van der Waals surface area (Å²) < 4.78 is 5.01. The Morgan fingerprint density at radius 3 is 3.17 bits per heavy atom. The van der Waals surface area contributed by atoms with Gasteiger partial charge in [0.25, 0.3) is 0 Å². The molecule has 0 atom stereocenters. The fourth-order valence-electron chi connectivity index (χ4n) is 2.05. The minimum absolute atomic E-state index is 0.352. The maximum Gasteiger partial charge on any atom is 0.359 e. The number of hydrogen-bond donors (Lipinski definition) is 1. The van der Waals surface area contributed by atoms with Gasteiger partial charge in [-0.2, -0.15) is 5.10 Å². The summed E-state index contributed by atoms with van der Waals surface area (Å²) >= 11 is 1.72. The molecular weight excluding hydrogens is 248 g/mol. The third-order valence-corrected chi connectivity index (χ3v) is 3.96. The van der Waals surface area contributed by atoms with Gasteiger partial charge in [-0.1, -0.05) is 18.2 Å². The summed E-state index contributed by atoms with van der Waals surface area (Å²) in [6.45, 7) is 2.16. The van der Waals surface area contributed by atoms with Crippen molar-refractivity contribution in [1.29, 1.82) is 0 Å². The predicted octanol–water partition coefficient (Wildman–Crippen LogP) is 2.86. The Morgan fingerprint density at radius 2 is 2.33 bits per heavy atom. The minimum atomic E-state index is -0.352. The van der Waals surface area contributed by atoms with Crippen LogP contribution in [0.3, 0.4) is 0 Å². The predicted molar refractivity (Wildman–Crippen MR) is 69.5 cm³/mol. The molecule has 0 radical (unpaired) electrons. The molecule has 1 aromatic heterocycles. The zero-order valence-corrected chi connectivity index (χ0v) is 10.7. The van der Waals surface area contributed by atoms with Gasteiger partial charge in [0.15, 0.2) is 5.69 Å². The molecule has 1 aromatic carbocycles. The number of nitrogens with one attached hydrogen (secondary N) is 1. The van der Waals surface area contributed by atoms with Crippen molar-refractivity contribution in [2.45, 2.75) is 17.6 Å². The van der Waals surface area contributed by atoms with Crippen molar-refractivity contribution in [3.63, 3.8) is 0 Å². The number of nitrogens with zero attached hydrogens (tertiary/aromatic N) is 1. The zero-order chi connectivity index (χ0) is 12.5. The van der Waals surface area contributed by atoms with Crippen molar-refractivity contribution in [3.8, 4) is 11.3 Å². The molecule has 0 amide bonds. The number of esters is 1. The van der Waals surface area contributed by atoms with Gasteiger partial charge < -0.3 is 4.74 Å². The molecule has 5 heteroatoms. The smallest absolute Gasteiger partial charge is 0.359 e. The second kappa shape index (κ2) is 4.49. The monoisotopic (exact) mass is 260 g/mol. The lowest BCUT2D eigenvalue weighted by molar-refractivity contribution is 0.0518. The summed E-state index contributed by atoms with van der Waals surface area (Å²) in [5, 5.41) is 7.06. The van der Waals surface area contributed by atoms with E-state index in [1.54, 1.807) is 18.7 Å². The number of aromatic amines is 1. The summed E-state index contributed by atoms with van der Waals surface area (Å²) in [7, 11) is 0. The van der Waals surface area contributed by atoms with Gasteiger partial charge in [0.2, 0.25) is 0 Å². The number of aromatic nitrogens is 2. The molecule has 1 aliphatic heterocycles. The van der Waals surface area contributed by atoms with Crippen LogP contribution in [0.5, 0.6) is 0 Å². The van der Waals surface area contributed by atoms with E-state index in [0.717, 1.165) is 22.6 Å². The maximum atomic E-state index is 11.8. The summed E-state index contributed by atoms with van der Waals surface area (Å²) in [6, 6.07) is 8.11. The highest BCUT2D eigenvalue weighted by Crippen LogP contribution is 2.41. The van der Waals surface area contributed by atoms with Gasteiger partial charge in [0, 0.05) is 21.8 Å². The fourth-order valence-corrected chi connectivity index (χ4v) is 3.13. The first-order chi connectivity index (χ1) is 8.81. The number of carbonyl (C=O) groups is 1. The molecule has 0 saturated heterocycles. The van der Waals surface area contributed by atoms with Crippen LogP contribution in [0.2, 0.25) is 0 Å². The van der Waals surface area contributed by atoms with Crippen molar-refractivity contribution in [2.24, 2.45) is 0 Å². The van der Waals surface area contributed by atoms with E-state index >= 15 is 0 Å². The third kappa shape index (κ3) is 1.71. The van der Waals surface area contributed by atoms with Crippen molar-refractivity contribution in [2.75, 3.05) is 6.61 Å². The van der Waals surface area contributed by atoms with Gasteiger partial charge in [-0.05, 0) is 13.0 Å². The molecule has 0 bridgehead atoms. The second-order valence-corrected chi connectivity index (χ2v) is 4.95. The Balaban J connectivity index is 2.07. The van der Waals surface area contributed by atoms with Crippen LogP contribution in [0, 0.1) is 0 Å². The molecule has 2 aromatic rings. The molecule has 1 aliphatic rings. The number of benzene rings is 1. The summed E-state index contributed by atoms with van der Waals surface area (Å²) in [5.41, 5.74) is 3.39. The molecule has 0 fully saturated rings. The Kier molecular flexibility index (Phi) is 2.83. The topological polar surface area (TPSA) is 55.0 Å². The van der Waals surface area contributed by atoms with Crippen LogP contribution in [-0.2, 0) is 10.5 Å². The van der Waals surface area contributed by atoms with E-state index < -0.39 is 0 Å². The largest absolute Gasteiger partial charge is 0.461 e. The average Bonchev–Trinajstić information content (AvgIpc) is 2.83. The number of thioether (sulfide) groups is 1. The molecule has 92 valence electrons. The van der Waals surface area contributed by atoms with E-state index in [2.05, 4.69) is 16.3 Å². The lowest BCUT2D eigenvalue weighted by atomic mass is 10.1. The Morgan fingerprint density at radius 1 is 1.50 bits per heavy atom. The SMILES string of the molecule is CCOC(=O)c1n[nH]c2c1CSc1ccccc1-2. The van der Waals surface area contributed by atoms with Gasteiger partial charge in [0.1, 0.15) is 0 Å². The number of hydrogen-bond acceptors (Lipinski definition) is 4. The molecular formula is C13H12N2O2S. The van der Waals surface area contributed by atoms with Crippen LogP contribution in [0.1, 0.15) is 23.0 Å². The van der Waals surface area contributed by atoms with Crippen molar-refractivity contribution in [3.05, 3.63) is 35.5 Å². The number of fused-ring (bicyclic) bond motifs is 3. The van der Waals surface area contributed by atoms with E-state index in [0.29, 0.717) is 12.3 Å². The van der Waals surface area contributed by atoms with Crippen LogP contribution < -0.4 is 0 Å². The van der Waals surface area contributed by atoms with Gasteiger partial charge in [-0.15, -0.1) is 11.8 Å². The standard InChI is InChI=1S/C13H12N2O2S/c1-2-17-13(16)12-9-7-18-10-6-4-3-5-8(10)11(9)14-15-12/h3-6H,2,7H2,1H3,(H,14,15). The molecule has 0 spiro atoms. The Labute approximate surface area is 109 Å². The Bertz CT molecular complexity index is 607. The molecule has 1 N–H and O–H groups in total. The quantitative estimate of drug-likeness (QED) is 0.844.